The number of carboxylic acid groups (broad SMARTS) is 1. The lowest BCUT2D eigenvalue weighted by molar-refractivity contribution is -0.158. The van der Waals surface area contributed by atoms with Gasteiger partial charge in [-0.05, 0) is 29.8 Å². The largest absolute Gasteiger partial charge is 0.479 e. The van der Waals surface area contributed by atoms with E-state index in [9.17, 15) is 14.7 Å². The number of hydrogen-bond donors (Lipinski definition) is 1. The average molecular weight is 442 g/mol. The Morgan fingerprint density at radius 3 is 2.37 bits per heavy atom. The molecule has 7 heteroatoms. The van der Waals surface area contributed by atoms with Gasteiger partial charge < -0.3 is 14.7 Å². The molecule has 3 aromatic rings. The lowest BCUT2D eigenvalue weighted by Gasteiger charge is -2.24. The minimum Gasteiger partial charge on any atom is -0.479 e. The predicted octanol–water partition coefficient (Wildman–Crippen LogP) is 5.10. The Bertz CT molecular complexity index is 1100. The maximum Gasteiger partial charge on any atom is 0.342 e. The minimum atomic E-state index is -1.69. The molecule has 0 bridgehead atoms. The summed E-state index contributed by atoms with van der Waals surface area (Å²) in [7, 11) is 0. The van der Waals surface area contributed by atoms with Crippen molar-refractivity contribution in [1.29, 1.82) is 0 Å². The Balaban J connectivity index is 1.90. The van der Waals surface area contributed by atoms with Crippen LogP contribution in [0.25, 0.3) is 0 Å². The Labute approximate surface area is 183 Å². The molecule has 0 saturated carbocycles. The number of carboxylic acids is 1. The summed E-state index contributed by atoms with van der Waals surface area (Å²) in [6.45, 7) is 0.191. The second kappa shape index (κ2) is 8.48. The standard InChI is InChI=1S/C23H17Cl2NO4/c24-15-10-11-19-17(12-15)20(16-8-4-5-9-18(16)25)30-21(23(28)29)22(27)26(19)13-14-6-2-1-3-7-14/h1-12,20-21H,13H2,(H,28,29)/t20-,21+/m1/s1. The molecule has 5 nitrogen and oxygen atoms in total. The molecule has 0 radical (unpaired) electrons. The van der Waals surface area contributed by atoms with Gasteiger partial charge in [-0.1, -0.05) is 71.7 Å². The van der Waals surface area contributed by atoms with Crippen LogP contribution in [-0.4, -0.2) is 23.1 Å². The SMILES string of the molecule is O=C(O)[C@H]1O[C@H](c2ccccc2Cl)c2cc(Cl)ccc2N(Cc2ccccc2)C1=O. The Kier molecular flexibility index (Phi) is 5.77. The third-order valence-electron chi connectivity index (χ3n) is 4.92. The van der Waals surface area contributed by atoms with Crippen LogP contribution in [0.1, 0.15) is 22.8 Å². The number of carbonyl (C=O) groups is 2. The van der Waals surface area contributed by atoms with Gasteiger partial charge in [-0.2, -0.15) is 0 Å². The quantitative estimate of drug-likeness (QED) is 0.571. The number of rotatable bonds is 4. The number of fused-ring (bicyclic) bond motifs is 1. The summed E-state index contributed by atoms with van der Waals surface area (Å²) in [5, 5.41) is 10.6. The van der Waals surface area contributed by atoms with E-state index in [0.29, 0.717) is 26.9 Å². The fourth-order valence-electron chi connectivity index (χ4n) is 3.53. The van der Waals surface area contributed by atoms with Gasteiger partial charge in [0, 0.05) is 21.2 Å². The zero-order chi connectivity index (χ0) is 21.3. The normalized spacial score (nSPS) is 18.6. The number of ether oxygens (including phenoxy) is 1. The third-order valence-corrected chi connectivity index (χ3v) is 5.50. The number of aliphatic carboxylic acids is 1. The van der Waals surface area contributed by atoms with Crippen LogP contribution >= 0.6 is 23.2 Å². The van der Waals surface area contributed by atoms with Crippen LogP contribution in [0.2, 0.25) is 10.0 Å². The summed E-state index contributed by atoms with van der Waals surface area (Å²) in [5.74, 6) is -2.03. The highest BCUT2D eigenvalue weighted by Gasteiger charge is 2.41. The van der Waals surface area contributed by atoms with Gasteiger partial charge in [0.15, 0.2) is 0 Å². The van der Waals surface area contributed by atoms with Gasteiger partial charge in [0.2, 0.25) is 6.10 Å². The maximum absolute atomic E-state index is 13.3. The number of halogens is 2. The summed E-state index contributed by atoms with van der Waals surface area (Å²) in [6, 6.07) is 21.4. The van der Waals surface area contributed by atoms with E-state index in [0.717, 1.165) is 5.56 Å². The highest BCUT2D eigenvalue weighted by molar-refractivity contribution is 6.31. The molecule has 4 rings (SSSR count). The van der Waals surface area contributed by atoms with Crippen LogP contribution in [0.3, 0.4) is 0 Å². The minimum absolute atomic E-state index is 0.191. The van der Waals surface area contributed by atoms with Crippen LogP contribution in [0, 0.1) is 0 Å². The first-order valence-corrected chi connectivity index (χ1v) is 9.98. The third kappa shape index (κ3) is 3.92. The molecular formula is C23H17Cl2NO4. The van der Waals surface area contributed by atoms with E-state index in [4.69, 9.17) is 27.9 Å². The molecule has 1 aliphatic heterocycles. The number of nitrogens with zero attached hydrogens (tertiary/aromatic N) is 1. The van der Waals surface area contributed by atoms with Crippen molar-refractivity contribution in [2.45, 2.75) is 18.8 Å². The Hall–Kier alpha value is -2.86. The van der Waals surface area contributed by atoms with E-state index >= 15 is 0 Å². The lowest BCUT2D eigenvalue weighted by Crippen LogP contribution is -2.43. The molecule has 2 atom stereocenters. The van der Waals surface area contributed by atoms with Crippen molar-refractivity contribution in [3.05, 3.63) is 99.5 Å². The zero-order valence-corrected chi connectivity index (χ0v) is 17.2. The summed E-state index contributed by atoms with van der Waals surface area (Å²) in [4.78, 5) is 26.6. The highest BCUT2D eigenvalue weighted by atomic mass is 35.5. The predicted molar refractivity (Wildman–Crippen MR) is 115 cm³/mol. The Morgan fingerprint density at radius 2 is 1.67 bits per heavy atom. The zero-order valence-electron chi connectivity index (χ0n) is 15.7. The molecule has 0 aliphatic carbocycles. The van der Waals surface area contributed by atoms with Crippen LogP contribution in [0.15, 0.2) is 72.8 Å². The molecule has 0 aromatic heterocycles. The molecule has 3 aromatic carbocycles. The second-order valence-electron chi connectivity index (χ2n) is 6.87. The molecule has 152 valence electrons. The Morgan fingerprint density at radius 1 is 0.967 bits per heavy atom. The van der Waals surface area contributed by atoms with Gasteiger partial charge in [-0.25, -0.2) is 4.79 Å². The molecule has 1 aliphatic rings. The smallest absolute Gasteiger partial charge is 0.342 e. The van der Waals surface area contributed by atoms with Crippen LogP contribution < -0.4 is 4.90 Å². The van der Waals surface area contributed by atoms with Gasteiger partial charge in [0.1, 0.15) is 6.10 Å². The maximum atomic E-state index is 13.3. The molecule has 0 unspecified atom stereocenters. The van der Waals surface area contributed by atoms with Gasteiger partial charge >= 0.3 is 5.97 Å². The number of carbonyl (C=O) groups excluding carboxylic acids is 1. The first-order chi connectivity index (χ1) is 14.5. The van der Waals surface area contributed by atoms with E-state index in [-0.39, 0.29) is 6.54 Å². The van der Waals surface area contributed by atoms with Crippen molar-refractivity contribution in [2.24, 2.45) is 0 Å². The molecular weight excluding hydrogens is 425 g/mol. The van der Waals surface area contributed by atoms with Gasteiger partial charge in [-0.3, -0.25) is 4.79 Å². The van der Waals surface area contributed by atoms with Gasteiger partial charge in [0.05, 0.1) is 12.2 Å². The summed E-state index contributed by atoms with van der Waals surface area (Å²) in [5.41, 5.74) is 2.51. The summed E-state index contributed by atoms with van der Waals surface area (Å²) in [6.07, 6.45) is -2.57. The van der Waals surface area contributed by atoms with Crippen molar-refractivity contribution in [3.8, 4) is 0 Å². The summed E-state index contributed by atoms with van der Waals surface area (Å²) >= 11 is 12.6. The van der Waals surface area contributed by atoms with Crippen molar-refractivity contribution < 1.29 is 19.4 Å². The molecule has 1 amide bonds. The number of hydrogen-bond acceptors (Lipinski definition) is 3. The van der Waals surface area contributed by atoms with Gasteiger partial charge in [0.25, 0.3) is 5.91 Å². The van der Waals surface area contributed by atoms with Crippen molar-refractivity contribution in [1.82, 2.24) is 0 Å². The first kappa shape index (κ1) is 20.4. The topological polar surface area (TPSA) is 66.8 Å². The van der Waals surface area contributed by atoms with E-state index in [1.54, 1.807) is 42.5 Å². The fraction of sp³-hybridized carbons (Fsp3) is 0.130. The number of amides is 1. The van der Waals surface area contributed by atoms with E-state index in [1.807, 2.05) is 30.3 Å². The molecule has 1 heterocycles. The van der Waals surface area contributed by atoms with E-state index in [1.165, 1.54) is 4.90 Å². The van der Waals surface area contributed by atoms with Crippen molar-refractivity contribution in [3.63, 3.8) is 0 Å². The second-order valence-corrected chi connectivity index (χ2v) is 7.71. The monoisotopic (exact) mass is 441 g/mol. The molecule has 0 saturated heterocycles. The van der Waals surface area contributed by atoms with Crippen molar-refractivity contribution >= 4 is 40.8 Å². The van der Waals surface area contributed by atoms with Crippen LogP contribution in [0.5, 0.6) is 0 Å². The highest BCUT2D eigenvalue weighted by Crippen LogP contribution is 2.41. The lowest BCUT2D eigenvalue weighted by atomic mass is 9.99. The number of anilines is 1. The molecule has 1 N–H and O–H groups in total. The van der Waals surface area contributed by atoms with Gasteiger partial charge in [-0.15, -0.1) is 0 Å². The van der Waals surface area contributed by atoms with E-state index in [2.05, 4.69) is 0 Å². The van der Waals surface area contributed by atoms with Crippen LogP contribution in [-0.2, 0) is 20.9 Å². The molecule has 0 fully saturated rings. The number of benzene rings is 3. The fourth-order valence-corrected chi connectivity index (χ4v) is 3.95. The first-order valence-electron chi connectivity index (χ1n) is 9.23. The van der Waals surface area contributed by atoms with Crippen molar-refractivity contribution in [2.75, 3.05) is 4.90 Å². The molecule has 30 heavy (non-hydrogen) atoms. The van der Waals surface area contributed by atoms with Crippen LogP contribution in [0.4, 0.5) is 5.69 Å². The summed E-state index contributed by atoms with van der Waals surface area (Å²) < 4.78 is 5.87. The van der Waals surface area contributed by atoms with E-state index < -0.39 is 24.1 Å². The molecule has 0 spiro atoms. The average Bonchev–Trinajstić information content (AvgIpc) is 2.84.